The molecule has 0 saturated carbocycles. The van der Waals surface area contributed by atoms with Crippen LogP contribution in [0.1, 0.15) is 11.1 Å². The predicted molar refractivity (Wildman–Crippen MR) is 131 cm³/mol. The first-order chi connectivity index (χ1) is 18.3. The number of sulfonamides is 1. The van der Waals surface area contributed by atoms with E-state index in [2.05, 4.69) is 20.2 Å². The number of alkyl halides is 3. The lowest BCUT2D eigenvalue weighted by molar-refractivity contribution is -0.140. The van der Waals surface area contributed by atoms with Gasteiger partial charge in [0, 0.05) is 37.4 Å². The number of fused-ring (bicyclic) bond motifs is 1. The highest BCUT2D eigenvalue weighted by molar-refractivity contribution is 7.88. The Labute approximate surface area is 219 Å². The third-order valence-electron chi connectivity index (χ3n) is 6.53. The first-order valence-electron chi connectivity index (χ1n) is 11.6. The fourth-order valence-corrected chi connectivity index (χ4v) is 5.45. The Balaban J connectivity index is 1.53. The Morgan fingerprint density at radius 3 is 2.51 bits per heavy atom. The number of hydrogen-bond acceptors (Lipinski definition) is 7. The molecule has 3 heterocycles. The predicted octanol–water partition coefficient (Wildman–Crippen LogP) is 3.72. The van der Waals surface area contributed by atoms with Gasteiger partial charge >= 0.3 is 6.18 Å². The molecule has 2 aromatic carbocycles. The molecule has 0 spiro atoms. The molecule has 1 atom stereocenters. The Kier molecular flexibility index (Phi) is 6.66. The molecule has 15 heteroatoms. The summed E-state index contributed by atoms with van der Waals surface area (Å²) in [6.07, 6.45) is -2.36. The van der Waals surface area contributed by atoms with Gasteiger partial charge in [0.05, 0.1) is 17.2 Å². The van der Waals surface area contributed by atoms with E-state index in [9.17, 15) is 35.5 Å². The number of aromatic hydroxyl groups is 1. The lowest BCUT2D eigenvalue weighted by Gasteiger charge is -2.40. The molecule has 0 bridgehead atoms. The molecule has 1 saturated heterocycles. The molecule has 9 nitrogen and oxygen atoms in total. The Hall–Kier alpha value is -3.85. The number of halogens is 5. The molecule has 2 aromatic heterocycles. The van der Waals surface area contributed by atoms with Crippen molar-refractivity contribution in [2.45, 2.75) is 18.6 Å². The first kappa shape index (κ1) is 26.7. The van der Waals surface area contributed by atoms with Crippen LogP contribution in [0.25, 0.3) is 22.3 Å². The summed E-state index contributed by atoms with van der Waals surface area (Å²) in [7, 11) is -3.46. The second kappa shape index (κ2) is 9.72. The Bertz CT molecular complexity index is 1650. The molecule has 0 amide bonds. The average Bonchev–Trinajstić information content (AvgIpc) is 3.30. The molecule has 5 rings (SSSR count). The molecule has 0 radical (unpaired) electrons. The van der Waals surface area contributed by atoms with E-state index < -0.39 is 44.7 Å². The van der Waals surface area contributed by atoms with Crippen molar-refractivity contribution in [3.05, 3.63) is 65.4 Å². The number of anilines is 1. The summed E-state index contributed by atoms with van der Waals surface area (Å²) >= 11 is 0. The van der Waals surface area contributed by atoms with E-state index in [-0.39, 0.29) is 54.4 Å². The zero-order valence-electron chi connectivity index (χ0n) is 20.2. The number of benzene rings is 2. The highest BCUT2D eigenvalue weighted by atomic mass is 32.2. The summed E-state index contributed by atoms with van der Waals surface area (Å²) in [5.41, 5.74) is -1.97. The van der Waals surface area contributed by atoms with E-state index in [1.165, 1.54) is 10.5 Å². The molecular formula is C24H21F5N6O3S. The number of rotatable bonds is 5. The summed E-state index contributed by atoms with van der Waals surface area (Å²) in [5.74, 6) is -5.32. The van der Waals surface area contributed by atoms with E-state index in [0.717, 1.165) is 11.8 Å². The average molecular weight is 569 g/mol. The van der Waals surface area contributed by atoms with Crippen LogP contribution in [0.3, 0.4) is 0 Å². The number of nitrogens with zero attached hydrogens (tertiary/aromatic N) is 5. The summed E-state index contributed by atoms with van der Waals surface area (Å²) in [6, 6.07) is 9.28. The molecule has 206 valence electrons. The number of phenolic OH excluding ortho intramolecular Hbond substituents is 1. The normalized spacial score (nSPS) is 17.2. The van der Waals surface area contributed by atoms with Crippen LogP contribution in [0, 0.1) is 11.6 Å². The maximum atomic E-state index is 14.7. The van der Waals surface area contributed by atoms with Gasteiger partial charge in [0.2, 0.25) is 16.0 Å². The zero-order chi connectivity index (χ0) is 28.1. The van der Waals surface area contributed by atoms with Crippen LogP contribution in [0.2, 0.25) is 0 Å². The van der Waals surface area contributed by atoms with Crippen molar-refractivity contribution in [3.63, 3.8) is 0 Å². The molecule has 2 N–H and O–H groups in total. The maximum Gasteiger partial charge on any atom is 0.419 e. The van der Waals surface area contributed by atoms with Crippen molar-refractivity contribution >= 4 is 27.0 Å². The minimum atomic E-state index is -5.19. The fourth-order valence-electron chi connectivity index (χ4n) is 4.60. The number of phenols is 1. The Morgan fingerprint density at radius 1 is 1.13 bits per heavy atom. The van der Waals surface area contributed by atoms with E-state index in [1.54, 1.807) is 0 Å². The topological polar surface area (TPSA) is 115 Å². The van der Waals surface area contributed by atoms with E-state index >= 15 is 0 Å². The number of aromatic nitrogens is 4. The highest BCUT2D eigenvalue weighted by Crippen LogP contribution is 2.41. The monoisotopic (exact) mass is 568 g/mol. The lowest BCUT2D eigenvalue weighted by Crippen LogP contribution is -2.56. The minimum absolute atomic E-state index is 0.0335. The fraction of sp³-hybridized carbons (Fsp3) is 0.292. The molecule has 4 aromatic rings. The van der Waals surface area contributed by atoms with E-state index in [0.29, 0.717) is 6.42 Å². The van der Waals surface area contributed by atoms with Crippen molar-refractivity contribution in [2.24, 2.45) is 0 Å². The third kappa shape index (κ3) is 5.11. The van der Waals surface area contributed by atoms with Gasteiger partial charge in [-0.25, -0.2) is 22.2 Å². The molecule has 0 aliphatic carbocycles. The number of aromatic amines is 1. The van der Waals surface area contributed by atoms with Gasteiger partial charge in [-0.2, -0.15) is 27.6 Å². The third-order valence-corrected chi connectivity index (χ3v) is 7.80. The van der Waals surface area contributed by atoms with Crippen LogP contribution in [0.4, 0.5) is 27.9 Å². The van der Waals surface area contributed by atoms with Crippen LogP contribution in [-0.4, -0.2) is 69.9 Å². The second-order valence-corrected chi connectivity index (χ2v) is 11.1. The Morgan fingerprint density at radius 2 is 1.85 bits per heavy atom. The van der Waals surface area contributed by atoms with Gasteiger partial charge in [-0.05, 0) is 18.1 Å². The molecule has 39 heavy (non-hydrogen) atoms. The van der Waals surface area contributed by atoms with Gasteiger partial charge in [-0.3, -0.25) is 5.10 Å². The highest BCUT2D eigenvalue weighted by Gasteiger charge is 2.38. The quantitative estimate of drug-likeness (QED) is 0.353. The molecular weight excluding hydrogens is 547 g/mol. The number of piperazine rings is 1. The van der Waals surface area contributed by atoms with Crippen molar-refractivity contribution < 1.29 is 35.5 Å². The van der Waals surface area contributed by atoms with Crippen LogP contribution in [0.5, 0.6) is 5.75 Å². The van der Waals surface area contributed by atoms with E-state index in [1.807, 2.05) is 35.2 Å². The number of hydrogen-bond donors (Lipinski definition) is 2. The van der Waals surface area contributed by atoms with Crippen LogP contribution in [-0.2, 0) is 22.6 Å². The molecule has 1 aliphatic rings. The zero-order valence-corrected chi connectivity index (χ0v) is 21.1. The van der Waals surface area contributed by atoms with Gasteiger partial charge in [0.15, 0.2) is 23.0 Å². The van der Waals surface area contributed by atoms with Crippen molar-refractivity contribution in [1.82, 2.24) is 24.5 Å². The van der Waals surface area contributed by atoms with E-state index in [4.69, 9.17) is 0 Å². The van der Waals surface area contributed by atoms with Gasteiger partial charge < -0.3 is 10.0 Å². The smallest absolute Gasteiger partial charge is 0.419 e. The van der Waals surface area contributed by atoms with Crippen molar-refractivity contribution in [3.8, 4) is 17.0 Å². The van der Waals surface area contributed by atoms with Crippen molar-refractivity contribution in [1.29, 1.82) is 0 Å². The van der Waals surface area contributed by atoms with Crippen LogP contribution >= 0.6 is 0 Å². The standard InChI is InChI=1S/C24H21F5N6O3S/c1-39(37,38)34-7-8-35(14(12-34)9-13-5-3-2-4-6-13)23-30-11-16-20(32-33-22(16)31-23)15-10-17(24(27,28)29)19(26)21(36)18(15)25/h2-6,10-11,14,36H,7-9,12H2,1H3,(H,30,31,32,33)/t14-/m1/s1. The van der Waals surface area contributed by atoms with Gasteiger partial charge in [0.1, 0.15) is 5.69 Å². The van der Waals surface area contributed by atoms with Gasteiger partial charge in [-0.1, -0.05) is 30.3 Å². The molecule has 1 aliphatic heterocycles. The first-order valence-corrected chi connectivity index (χ1v) is 13.4. The summed E-state index contributed by atoms with van der Waals surface area (Å²) in [6.45, 7) is 0.607. The summed E-state index contributed by atoms with van der Waals surface area (Å²) in [4.78, 5) is 10.5. The molecule has 1 fully saturated rings. The largest absolute Gasteiger partial charge is 0.503 e. The second-order valence-electron chi connectivity index (χ2n) is 9.11. The summed E-state index contributed by atoms with van der Waals surface area (Å²) < 4.78 is 94.2. The number of nitrogens with one attached hydrogen (secondary N) is 1. The number of H-pyrrole nitrogens is 1. The van der Waals surface area contributed by atoms with Crippen LogP contribution in [0.15, 0.2) is 42.6 Å². The summed E-state index contributed by atoms with van der Waals surface area (Å²) in [5, 5.41) is 16.1. The van der Waals surface area contributed by atoms with Crippen LogP contribution < -0.4 is 4.90 Å². The van der Waals surface area contributed by atoms with Crippen molar-refractivity contribution in [2.75, 3.05) is 30.8 Å². The SMILES string of the molecule is CS(=O)(=O)N1CCN(c2ncc3c(-c4cc(C(F)(F)F)c(F)c(O)c4F)n[nH]c3n2)[C@H](Cc2ccccc2)C1. The minimum Gasteiger partial charge on any atom is -0.503 e. The van der Waals surface area contributed by atoms with Gasteiger partial charge in [0.25, 0.3) is 0 Å². The van der Waals surface area contributed by atoms with Gasteiger partial charge in [-0.15, -0.1) is 0 Å². The molecule has 0 unspecified atom stereocenters. The lowest BCUT2D eigenvalue weighted by atomic mass is 10.0. The maximum absolute atomic E-state index is 14.7.